The highest BCUT2D eigenvalue weighted by Crippen LogP contribution is 2.28. The molecule has 0 fully saturated rings. The monoisotopic (exact) mass is 405 g/mol. The number of halogens is 1. The Labute approximate surface area is 157 Å². The van der Waals surface area contributed by atoms with Crippen LogP contribution in [0.5, 0.6) is 11.5 Å². The second-order valence-electron chi connectivity index (χ2n) is 6.15. The van der Waals surface area contributed by atoms with Crippen LogP contribution in [0.1, 0.15) is 37.6 Å². The standard InChI is InChI=1S/C20H24BrNO3/c1-4-11-24-18-10-9-15(12-16(18)21)20(23)22-17-7-5-6-8-19(17)25-13-14(2)3/h5-10,12,14H,4,11,13H2,1-3H3,(H,22,23). The average molecular weight is 406 g/mol. The van der Waals surface area contributed by atoms with E-state index in [2.05, 4.69) is 42.0 Å². The van der Waals surface area contributed by atoms with Gasteiger partial charge in [-0.3, -0.25) is 4.79 Å². The predicted molar refractivity (Wildman–Crippen MR) is 105 cm³/mol. The van der Waals surface area contributed by atoms with Gasteiger partial charge in [-0.05, 0) is 58.6 Å². The largest absolute Gasteiger partial charge is 0.492 e. The lowest BCUT2D eigenvalue weighted by Gasteiger charge is -2.14. The molecule has 0 aliphatic rings. The zero-order valence-electron chi connectivity index (χ0n) is 14.8. The topological polar surface area (TPSA) is 47.6 Å². The number of hydrogen-bond donors (Lipinski definition) is 1. The molecule has 5 heteroatoms. The molecule has 25 heavy (non-hydrogen) atoms. The van der Waals surface area contributed by atoms with Gasteiger partial charge in [0.15, 0.2) is 0 Å². The third-order valence-corrected chi connectivity index (χ3v) is 3.98. The van der Waals surface area contributed by atoms with E-state index < -0.39 is 0 Å². The number of rotatable bonds is 8. The fourth-order valence-electron chi connectivity index (χ4n) is 2.12. The molecule has 2 aromatic rings. The molecule has 0 unspecified atom stereocenters. The summed E-state index contributed by atoms with van der Waals surface area (Å²) in [7, 11) is 0. The third-order valence-electron chi connectivity index (χ3n) is 3.36. The van der Waals surface area contributed by atoms with Crippen molar-refractivity contribution in [2.45, 2.75) is 27.2 Å². The Morgan fingerprint density at radius 3 is 2.56 bits per heavy atom. The number of hydrogen-bond acceptors (Lipinski definition) is 3. The highest BCUT2D eigenvalue weighted by Gasteiger charge is 2.12. The molecular weight excluding hydrogens is 382 g/mol. The molecule has 2 rings (SSSR count). The Morgan fingerprint density at radius 2 is 1.88 bits per heavy atom. The number of para-hydroxylation sites is 2. The Morgan fingerprint density at radius 1 is 1.12 bits per heavy atom. The van der Waals surface area contributed by atoms with E-state index >= 15 is 0 Å². The maximum Gasteiger partial charge on any atom is 0.255 e. The lowest BCUT2D eigenvalue weighted by molar-refractivity contribution is 0.102. The molecule has 0 saturated heterocycles. The van der Waals surface area contributed by atoms with Crippen molar-refractivity contribution in [2.75, 3.05) is 18.5 Å². The van der Waals surface area contributed by atoms with Gasteiger partial charge in [-0.1, -0.05) is 32.9 Å². The maximum absolute atomic E-state index is 12.6. The highest BCUT2D eigenvalue weighted by atomic mass is 79.9. The number of ether oxygens (including phenoxy) is 2. The van der Waals surface area contributed by atoms with E-state index in [1.807, 2.05) is 24.3 Å². The molecule has 0 saturated carbocycles. The van der Waals surface area contributed by atoms with Crippen molar-refractivity contribution in [3.8, 4) is 11.5 Å². The summed E-state index contributed by atoms with van der Waals surface area (Å²) in [6, 6.07) is 12.8. The van der Waals surface area contributed by atoms with Crippen molar-refractivity contribution in [1.29, 1.82) is 0 Å². The van der Waals surface area contributed by atoms with E-state index in [1.165, 1.54) is 0 Å². The van der Waals surface area contributed by atoms with Crippen LogP contribution in [0.4, 0.5) is 5.69 Å². The Balaban J connectivity index is 2.10. The average Bonchev–Trinajstić information content (AvgIpc) is 2.59. The summed E-state index contributed by atoms with van der Waals surface area (Å²) < 4.78 is 12.2. The van der Waals surface area contributed by atoms with E-state index in [1.54, 1.807) is 18.2 Å². The first kappa shape index (κ1) is 19.3. The van der Waals surface area contributed by atoms with E-state index in [0.29, 0.717) is 36.1 Å². The van der Waals surface area contributed by atoms with Crippen LogP contribution in [0.25, 0.3) is 0 Å². The molecule has 0 aromatic heterocycles. The minimum Gasteiger partial charge on any atom is -0.492 e. The van der Waals surface area contributed by atoms with Gasteiger partial charge in [-0.2, -0.15) is 0 Å². The van der Waals surface area contributed by atoms with Gasteiger partial charge in [0.05, 0.1) is 23.4 Å². The lowest BCUT2D eigenvalue weighted by atomic mass is 10.2. The number of anilines is 1. The SMILES string of the molecule is CCCOc1ccc(C(=O)Nc2ccccc2OCC(C)C)cc1Br. The molecule has 134 valence electrons. The fraction of sp³-hybridized carbons (Fsp3) is 0.350. The van der Waals surface area contributed by atoms with Gasteiger partial charge in [0, 0.05) is 5.56 Å². The zero-order valence-corrected chi connectivity index (χ0v) is 16.4. The summed E-state index contributed by atoms with van der Waals surface area (Å²) in [5, 5.41) is 2.91. The van der Waals surface area contributed by atoms with Crippen molar-refractivity contribution in [3.63, 3.8) is 0 Å². The number of benzene rings is 2. The van der Waals surface area contributed by atoms with Crippen molar-refractivity contribution in [3.05, 3.63) is 52.5 Å². The van der Waals surface area contributed by atoms with Crippen LogP contribution in [0.15, 0.2) is 46.9 Å². The Kier molecular flexibility index (Phi) is 7.31. The van der Waals surface area contributed by atoms with E-state index in [0.717, 1.165) is 16.6 Å². The van der Waals surface area contributed by atoms with Gasteiger partial charge >= 0.3 is 0 Å². The molecule has 4 nitrogen and oxygen atoms in total. The summed E-state index contributed by atoms with van der Waals surface area (Å²) in [6.45, 7) is 7.46. The molecule has 1 amide bonds. The van der Waals surface area contributed by atoms with Crippen LogP contribution in [0, 0.1) is 5.92 Å². The molecule has 0 spiro atoms. The Bertz CT molecular complexity index is 716. The van der Waals surface area contributed by atoms with Gasteiger partial charge in [0.1, 0.15) is 11.5 Å². The van der Waals surface area contributed by atoms with Gasteiger partial charge in [-0.25, -0.2) is 0 Å². The van der Waals surface area contributed by atoms with Crippen LogP contribution in [0.2, 0.25) is 0 Å². The summed E-state index contributed by atoms with van der Waals surface area (Å²) in [5.74, 6) is 1.63. The zero-order chi connectivity index (χ0) is 18.2. The molecule has 0 atom stereocenters. The molecule has 0 heterocycles. The van der Waals surface area contributed by atoms with Gasteiger partial charge < -0.3 is 14.8 Å². The van der Waals surface area contributed by atoms with Crippen molar-refractivity contribution < 1.29 is 14.3 Å². The minimum atomic E-state index is -0.191. The summed E-state index contributed by atoms with van der Waals surface area (Å²) in [5.41, 5.74) is 1.21. The first-order valence-corrected chi connectivity index (χ1v) is 9.26. The molecule has 0 aliphatic heterocycles. The number of carbonyl (C=O) groups is 1. The van der Waals surface area contributed by atoms with Crippen LogP contribution in [0.3, 0.4) is 0 Å². The van der Waals surface area contributed by atoms with Gasteiger partial charge in [0.25, 0.3) is 5.91 Å². The van der Waals surface area contributed by atoms with Crippen molar-refractivity contribution in [2.24, 2.45) is 5.92 Å². The van der Waals surface area contributed by atoms with Crippen LogP contribution < -0.4 is 14.8 Å². The number of amides is 1. The first-order valence-electron chi connectivity index (χ1n) is 8.46. The van der Waals surface area contributed by atoms with E-state index in [9.17, 15) is 4.79 Å². The van der Waals surface area contributed by atoms with Crippen molar-refractivity contribution in [1.82, 2.24) is 0 Å². The quantitative estimate of drug-likeness (QED) is 0.628. The first-order chi connectivity index (χ1) is 12.0. The Hall–Kier alpha value is -2.01. The molecule has 0 bridgehead atoms. The molecule has 2 aromatic carbocycles. The predicted octanol–water partition coefficient (Wildman–Crippen LogP) is 5.53. The van der Waals surface area contributed by atoms with Crippen LogP contribution in [-0.2, 0) is 0 Å². The molecule has 0 aliphatic carbocycles. The van der Waals surface area contributed by atoms with Crippen molar-refractivity contribution >= 4 is 27.5 Å². The minimum absolute atomic E-state index is 0.191. The fourth-order valence-corrected chi connectivity index (χ4v) is 2.61. The summed E-state index contributed by atoms with van der Waals surface area (Å²) in [6.07, 6.45) is 0.932. The van der Waals surface area contributed by atoms with E-state index in [-0.39, 0.29) is 5.91 Å². The molecule has 1 N–H and O–H groups in total. The third kappa shape index (κ3) is 5.78. The highest BCUT2D eigenvalue weighted by molar-refractivity contribution is 9.10. The second kappa shape index (κ2) is 9.47. The van der Waals surface area contributed by atoms with Crippen LogP contribution in [-0.4, -0.2) is 19.1 Å². The number of nitrogens with one attached hydrogen (secondary N) is 1. The number of carbonyl (C=O) groups excluding carboxylic acids is 1. The molecule has 0 radical (unpaired) electrons. The lowest BCUT2D eigenvalue weighted by Crippen LogP contribution is -2.14. The van der Waals surface area contributed by atoms with Gasteiger partial charge in [-0.15, -0.1) is 0 Å². The summed E-state index contributed by atoms with van der Waals surface area (Å²) >= 11 is 3.46. The second-order valence-corrected chi connectivity index (χ2v) is 7.00. The normalized spacial score (nSPS) is 10.6. The smallest absolute Gasteiger partial charge is 0.255 e. The van der Waals surface area contributed by atoms with E-state index in [4.69, 9.17) is 9.47 Å². The molecular formula is C20H24BrNO3. The summed E-state index contributed by atoms with van der Waals surface area (Å²) in [4.78, 5) is 12.6. The van der Waals surface area contributed by atoms with Gasteiger partial charge in [0.2, 0.25) is 0 Å². The van der Waals surface area contributed by atoms with Crippen LogP contribution >= 0.6 is 15.9 Å². The maximum atomic E-state index is 12.6.